The van der Waals surface area contributed by atoms with Crippen LogP contribution in [0.25, 0.3) is 0 Å². The van der Waals surface area contributed by atoms with Gasteiger partial charge in [-0.25, -0.2) is 4.98 Å². The quantitative estimate of drug-likeness (QED) is 0.579. The Labute approximate surface area is 205 Å². The van der Waals surface area contributed by atoms with Gasteiger partial charge < -0.3 is 21.3 Å². The van der Waals surface area contributed by atoms with Crippen LogP contribution in [0.3, 0.4) is 0 Å². The van der Waals surface area contributed by atoms with E-state index in [1.54, 1.807) is 12.3 Å². The molecule has 0 saturated carbocycles. The van der Waals surface area contributed by atoms with Gasteiger partial charge in [-0.2, -0.15) is 0 Å². The highest BCUT2D eigenvalue weighted by Crippen LogP contribution is 2.29. The number of halogens is 1. The molecule has 2 aromatic rings. The first kappa shape index (κ1) is 24.3. The van der Waals surface area contributed by atoms with Gasteiger partial charge in [-0.1, -0.05) is 11.6 Å². The Morgan fingerprint density at radius 1 is 1.06 bits per heavy atom. The van der Waals surface area contributed by atoms with Crippen molar-refractivity contribution < 1.29 is 9.59 Å². The van der Waals surface area contributed by atoms with E-state index in [2.05, 4.69) is 20.5 Å². The van der Waals surface area contributed by atoms with Gasteiger partial charge in [0.2, 0.25) is 11.8 Å². The van der Waals surface area contributed by atoms with Crippen molar-refractivity contribution >= 4 is 40.6 Å². The maximum atomic E-state index is 13.1. The molecule has 0 unspecified atom stereocenters. The molecule has 2 saturated heterocycles. The van der Waals surface area contributed by atoms with E-state index in [0.717, 1.165) is 69.7 Å². The number of benzene rings is 1. The van der Waals surface area contributed by atoms with Crippen molar-refractivity contribution in [3.63, 3.8) is 0 Å². The van der Waals surface area contributed by atoms with Crippen LogP contribution in [-0.4, -0.2) is 58.8 Å². The van der Waals surface area contributed by atoms with E-state index in [0.29, 0.717) is 16.5 Å². The molecule has 0 radical (unpaired) electrons. The van der Waals surface area contributed by atoms with Crippen molar-refractivity contribution in [2.75, 3.05) is 42.5 Å². The second-order valence-corrected chi connectivity index (χ2v) is 9.69. The number of nitrogens with one attached hydrogen (secondary N) is 2. The summed E-state index contributed by atoms with van der Waals surface area (Å²) < 4.78 is 0. The van der Waals surface area contributed by atoms with Gasteiger partial charge >= 0.3 is 0 Å². The number of nitrogen functional groups attached to an aromatic ring is 1. The van der Waals surface area contributed by atoms with Crippen LogP contribution in [0, 0.1) is 5.92 Å². The van der Waals surface area contributed by atoms with E-state index in [9.17, 15) is 9.59 Å². The first-order valence-electron chi connectivity index (χ1n) is 11.9. The van der Waals surface area contributed by atoms with E-state index >= 15 is 0 Å². The Morgan fingerprint density at radius 2 is 1.79 bits per heavy atom. The summed E-state index contributed by atoms with van der Waals surface area (Å²) in [5, 5.41) is 6.93. The number of amides is 2. The Hall–Kier alpha value is -2.84. The van der Waals surface area contributed by atoms with Crippen LogP contribution in [0.4, 0.5) is 17.2 Å². The number of carbonyl (C=O) groups excluding carboxylic acids is 2. The van der Waals surface area contributed by atoms with Gasteiger partial charge in [-0.3, -0.25) is 14.5 Å². The normalized spacial score (nSPS) is 18.0. The summed E-state index contributed by atoms with van der Waals surface area (Å²) in [6.45, 7) is 5.65. The predicted octanol–water partition coefficient (Wildman–Crippen LogP) is 3.59. The molecule has 34 heavy (non-hydrogen) atoms. The third-order valence-electron chi connectivity index (χ3n) is 6.65. The van der Waals surface area contributed by atoms with Gasteiger partial charge in [0.15, 0.2) is 0 Å². The molecule has 2 aliphatic heterocycles. The number of rotatable bonds is 6. The van der Waals surface area contributed by atoms with Crippen molar-refractivity contribution in [1.82, 2.24) is 14.8 Å². The largest absolute Gasteiger partial charge is 0.384 e. The lowest BCUT2D eigenvalue weighted by Gasteiger charge is -2.37. The molecule has 2 amide bonds. The van der Waals surface area contributed by atoms with Crippen molar-refractivity contribution in [1.29, 1.82) is 0 Å². The maximum Gasteiger partial charge on any atom is 0.225 e. The molecule has 0 spiro atoms. The predicted molar refractivity (Wildman–Crippen MR) is 136 cm³/mol. The molecule has 182 valence electrons. The van der Waals surface area contributed by atoms with Gasteiger partial charge in [0.1, 0.15) is 5.82 Å². The van der Waals surface area contributed by atoms with Gasteiger partial charge in [-0.05, 0) is 74.7 Å². The van der Waals surface area contributed by atoms with E-state index in [-0.39, 0.29) is 23.8 Å². The Morgan fingerprint density at radius 3 is 2.47 bits per heavy atom. The summed E-state index contributed by atoms with van der Waals surface area (Å²) in [5.74, 6) is 0.798. The fraction of sp³-hybridized carbons (Fsp3) is 0.480. The third-order valence-corrected chi connectivity index (χ3v) is 6.88. The Bertz CT molecular complexity index is 1020. The molecule has 8 nitrogen and oxygen atoms in total. The van der Waals surface area contributed by atoms with Crippen LogP contribution < -0.4 is 16.4 Å². The van der Waals surface area contributed by atoms with E-state index < -0.39 is 0 Å². The molecular weight excluding hydrogens is 452 g/mol. The maximum absolute atomic E-state index is 13.1. The van der Waals surface area contributed by atoms with Crippen molar-refractivity contribution in [3.05, 3.63) is 47.1 Å². The fourth-order valence-corrected chi connectivity index (χ4v) is 5.02. The fourth-order valence-electron chi connectivity index (χ4n) is 4.85. The lowest BCUT2D eigenvalue weighted by atomic mass is 9.93. The zero-order valence-electron chi connectivity index (χ0n) is 19.6. The molecule has 0 atom stereocenters. The topological polar surface area (TPSA) is 104 Å². The summed E-state index contributed by atoms with van der Waals surface area (Å²) in [4.78, 5) is 33.1. The molecule has 1 aromatic heterocycles. The SMILES string of the molecule is CC(=O)Nc1cc(Cl)ccc1NC1CCN(C(=O)C2CCN(Cc3ccnc(N)c3)CC2)CC1. The Balaban J connectivity index is 1.24. The molecule has 4 rings (SSSR count). The van der Waals surface area contributed by atoms with Crippen LogP contribution in [0.5, 0.6) is 0 Å². The van der Waals surface area contributed by atoms with Crippen LogP contribution in [0.15, 0.2) is 36.5 Å². The standard InChI is InChI=1S/C25H33ClN6O2/c1-17(33)29-23-15-20(26)2-3-22(23)30-21-7-12-32(13-8-21)25(34)19-5-10-31(11-6-19)16-18-4-9-28-24(27)14-18/h2-4,9,14-15,19,21,30H,5-8,10-13,16H2,1H3,(H2,27,28)(H,29,33). The zero-order chi connectivity index (χ0) is 24.1. The summed E-state index contributed by atoms with van der Waals surface area (Å²) in [6.07, 6.45) is 5.27. The number of nitrogens with two attached hydrogens (primary N) is 1. The smallest absolute Gasteiger partial charge is 0.225 e. The van der Waals surface area contributed by atoms with Crippen LogP contribution >= 0.6 is 11.6 Å². The summed E-state index contributed by atoms with van der Waals surface area (Å²) in [6, 6.07) is 9.60. The summed E-state index contributed by atoms with van der Waals surface area (Å²) >= 11 is 6.09. The second-order valence-electron chi connectivity index (χ2n) is 9.25. The molecule has 2 aliphatic rings. The minimum absolute atomic E-state index is 0.103. The lowest BCUT2D eigenvalue weighted by Crippen LogP contribution is -2.47. The van der Waals surface area contributed by atoms with Gasteiger partial charge in [-0.15, -0.1) is 0 Å². The molecule has 0 bridgehead atoms. The number of hydrogen-bond donors (Lipinski definition) is 3. The van der Waals surface area contributed by atoms with Gasteiger partial charge in [0, 0.05) is 49.7 Å². The molecule has 1 aromatic carbocycles. The first-order valence-corrected chi connectivity index (χ1v) is 12.3. The van der Waals surface area contributed by atoms with Crippen LogP contribution in [0.1, 0.15) is 38.2 Å². The first-order chi connectivity index (χ1) is 16.4. The van der Waals surface area contributed by atoms with Crippen LogP contribution in [-0.2, 0) is 16.1 Å². The number of likely N-dealkylation sites (tertiary alicyclic amines) is 2. The number of carbonyl (C=O) groups is 2. The van der Waals surface area contributed by atoms with Crippen LogP contribution in [0.2, 0.25) is 5.02 Å². The minimum Gasteiger partial charge on any atom is -0.384 e. The average molecular weight is 485 g/mol. The average Bonchev–Trinajstić information content (AvgIpc) is 2.81. The van der Waals surface area contributed by atoms with Crippen molar-refractivity contribution in [3.8, 4) is 0 Å². The molecule has 2 fully saturated rings. The second kappa shape index (κ2) is 11.1. The van der Waals surface area contributed by atoms with Gasteiger partial charge in [0.25, 0.3) is 0 Å². The number of anilines is 3. The highest BCUT2D eigenvalue weighted by molar-refractivity contribution is 6.31. The van der Waals surface area contributed by atoms with E-state index in [1.807, 2.05) is 29.2 Å². The third kappa shape index (κ3) is 6.39. The summed E-state index contributed by atoms with van der Waals surface area (Å²) in [5.41, 5.74) is 8.48. The van der Waals surface area contributed by atoms with E-state index in [4.69, 9.17) is 17.3 Å². The molecule has 4 N–H and O–H groups in total. The monoisotopic (exact) mass is 484 g/mol. The number of hydrogen-bond acceptors (Lipinski definition) is 6. The molecule has 3 heterocycles. The van der Waals surface area contributed by atoms with E-state index in [1.165, 1.54) is 6.92 Å². The number of pyridine rings is 1. The number of nitrogens with zero attached hydrogens (tertiary/aromatic N) is 3. The lowest BCUT2D eigenvalue weighted by molar-refractivity contribution is -0.138. The number of aromatic nitrogens is 1. The summed E-state index contributed by atoms with van der Waals surface area (Å²) in [7, 11) is 0. The highest BCUT2D eigenvalue weighted by Gasteiger charge is 2.31. The molecule has 0 aliphatic carbocycles. The Kier molecular flexibility index (Phi) is 7.90. The van der Waals surface area contributed by atoms with Crippen molar-refractivity contribution in [2.45, 2.75) is 45.2 Å². The van der Waals surface area contributed by atoms with Gasteiger partial charge in [0.05, 0.1) is 11.4 Å². The molecule has 9 heteroatoms. The molecular formula is C25H33ClN6O2. The number of piperidine rings is 2. The van der Waals surface area contributed by atoms with Crippen molar-refractivity contribution in [2.24, 2.45) is 5.92 Å². The zero-order valence-corrected chi connectivity index (χ0v) is 20.4. The minimum atomic E-state index is -0.137. The highest BCUT2D eigenvalue weighted by atomic mass is 35.5.